The molecule has 0 saturated heterocycles. The van der Waals surface area contributed by atoms with Gasteiger partial charge in [0.1, 0.15) is 29.5 Å². The van der Waals surface area contributed by atoms with Crippen LogP contribution in [0.1, 0.15) is 18.5 Å². The summed E-state index contributed by atoms with van der Waals surface area (Å²) in [6.07, 6.45) is 8.09. The molecule has 0 aliphatic carbocycles. The maximum Gasteiger partial charge on any atom is 0.227 e. The summed E-state index contributed by atoms with van der Waals surface area (Å²) in [4.78, 5) is 54.4. The number of carbonyl (C=O) groups is 2. The van der Waals surface area contributed by atoms with E-state index in [1.165, 1.54) is 12.7 Å². The van der Waals surface area contributed by atoms with Gasteiger partial charge in [0.2, 0.25) is 11.8 Å². The van der Waals surface area contributed by atoms with Crippen molar-refractivity contribution >= 4 is 69.2 Å². The van der Waals surface area contributed by atoms with E-state index in [2.05, 4.69) is 45.5 Å². The molecule has 5 heterocycles. The average Bonchev–Trinajstić information content (AvgIpc) is 3.73. The van der Waals surface area contributed by atoms with Crippen LogP contribution in [-0.2, 0) is 29.7 Å². The van der Waals surface area contributed by atoms with Gasteiger partial charge in [-0.05, 0) is 36.4 Å². The minimum absolute atomic E-state index is 0.152. The molecule has 0 spiro atoms. The van der Waals surface area contributed by atoms with Gasteiger partial charge in [0.25, 0.3) is 0 Å². The largest absolute Gasteiger partial charge is 0.382 e. The Labute approximate surface area is 249 Å². The number of imidazole rings is 2. The average molecular weight is 593 g/mol. The number of carbonyl (C=O) groups excluding carboxylic acids is 2. The second-order valence-corrected chi connectivity index (χ2v) is 9.84. The Hall–Kier alpha value is -6.19. The molecule has 5 aromatic heterocycles. The molecule has 6 N–H and O–H groups in total. The number of anilines is 4. The van der Waals surface area contributed by atoms with E-state index in [1.807, 2.05) is 23.7 Å². The van der Waals surface area contributed by atoms with Crippen molar-refractivity contribution in [1.82, 2.24) is 43.6 Å². The number of hydrogen-bond acceptors (Lipinski definition) is 11. The Balaban J connectivity index is 0.995. The normalized spacial score (nSPS) is 11.5. The predicted molar refractivity (Wildman–Crippen MR) is 165 cm³/mol. The molecule has 0 fully saturated rings. The number of benzene rings is 1. The standard InChI is InChI=1S/C28H28N14O2/c1-40-19(6-7-20(40)39-22(44)9-11-42-16-37-24-26(30)33-14-35-28(24)42)12-31-17-2-4-18(5-3-17)38-21(43)8-10-41-15-36-23-25(29)32-13-34-27(23)41/h2-7,12-16H,8-11H2,1H3,(H,38,43)(H,39,44)(H2,29,32,34)(H2,30,33,35). The first-order valence-corrected chi connectivity index (χ1v) is 13.6. The number of nitrogens with two attached hydrogens (primary N) is 2. The van der Waals surface area contributed by atoms with Crippen molar-refractivity contribution in [1.29, 1.82) is 0 Å². The lowest BCUT2D eigenvalue weighted by Gasteiger charge is -2.08. The van der Waals surface area contributed by atoms with Gasteiger partial charge in [-0.2, -0.15) is 0 Å². The van der Waals surface area contributed by atoms with Crippen molar-refractivity contribution in [2.75, 3.05) is 22.1 Å². The van der Waals surface area contributed by atoms with Gasteiger partial charge in [-0.25, -0.2) is 29.9 Å². The quantitative estimate of drug-likeness (QED) is 0.170. The molecule has 222 valence electrons. The van der Waals surface area contributed by atoms with Crippen molar-refractivity contribution in [3.63, 3.8) is 0 Å². The van der Waals surface area contributed by atoms with E-state index in [4.69, 9.17) is 11.5 Å². The van der Waals surface area contributed by atoms with Crippen LogP contribution in [0.4, 0.5) is 28.8 Å². The first-order chi connectivity index (χ1) is 21.4. The second kappa shape index (κ2) is 12.0. The molecule has 0 bridgehead atoms. The molecule has 16 heteroatoms. The highest BCUT2D eigenvalue weighted by Crippen LogP contribution is 2.19. The van der Waals surface area contributed by atoms with Crippen LogP contribution in [-0.4, -0.2) is 61.6 Å². The highest BCUT2D eigenvalue weighted by atomic mass is 16.2. The van der Waals surface area contributed by atoms with Crippen LogP contribution >= 0.6 is 0 Å². The molecule has 6 aromatic rings. The predicted octanol–water partition coefficient (Wildman–Crippen LogP) is 2.28. The number of amides is 2. The molecule has 0 aliphatic rings. The molecule has 0 atom stereocenters. The maximum atomic E-state index is 12.6. The van der Waals surface area contributed by atoms with E-state index in [9.17, 15) is 9.59 Å². The fraction of sp³-hybridized carbons (Fsp3) is 0.179. The molecule has 0 radical (unpaired) electrons. The molecule has 1 aromatic carbocycles. The lowest BCUT2D eigenvalue weighted by atomic mass is 10.2. The maximum absolute atomic E-state index is 12.6. The number of fused-ring (bicyclic) bond motifs is 2. The van der Waals surface area contributed by atoms with E-state index in [0.717, 1.165) is 5.69 Å². The SMILES string of the molecule is Cn1c(C=Nc2ccc(NC(=O)CCn3cnc4c(N)ncnc43)cc2)ccc1NC(=O)CCn1cnc2c(N)ncnc21. The number of nitrogens with one attached hydrogen (secondary N) is 2. The summed E-state index contributed by atoms with van der Waals surface area (Å²) in [6.45, 7) is 0.785. The van der Waals surface area contributed by atoms with Crippen molar-refractivity contribution in [3.8, 4) is 0 Å². The number of nitrogens with zero attached hydrogens (tertiary/aromatic N) is 10. The van der Waals surface area contributed by atoms with Crippen molar-refractivity contribution in [2.45, 2.75) is 25.9 Å². The molecule has 16 nitrogen and oxygen atoms in total. The van der Waals surface area contributed by atoms with Gasteiger partial charge in [0.15, 0.2) is 22.9 Å². The first kappa shape index (κ1) is 28.0. The van der Waals surface area contributed by atoms with E-state index < -0.39 is 0 Å². The monoisotopic (exact) mass is 592 g/mol. The zero-order valence-corrected chi connectivity index (χ0v) is 23.6. The molecule has 0 saturated carbocycles. The highest BCUT2D eigenvalue weighted by molar-refractivity contribution is 5.92. The zero-order chi connectivity index (χ0) is 30.6. The van der Waals surface area contributed by atoms with Gasteiger partial charge >= 0.3 is 0 Å². The summed E-state index contributed by atoms with van der Waals surface area (Å²) in [5.74, 6) is 0.925. The third-order valence-corrected chi connectivity index (χ3v) is 6.94. The smallest absolute Gasteiger partial charge is 0.227 e. The molecular formula is C28H28N14O2. The summed E-state index contributed by atoms with van der Waals surface area (Å²) >= 11 is 0. The van der Waals surface area contributed by atoms with Crippen molar-refractivity contribution in [2.24, 2.45) is 12.0 Å². The molecule has 0 aliphatic heterocycles. The van der Waals surface area contributed by atoms with Gasteiger partial charge in [0, 0.05) is 38.7 Å². The number of nitrogen functional groups attached to an aromatic ring is 2. The summed E-state index contributed by atoms with van der Waals surface area (Å²) in [5.41, 5.74) is 16.0. The molecule has 2 amide bonds. The number of hydrogen-bond donors (Lipinski definition) is 4. The lowest BCUT2D eigenvalue weighted by Crippen LogP contribution is -2.16. The third kappa shape index (κ3) is 5.89. The Kier molecular flexibility index (Phi) is 7.60. The van der Waals surface area contributed by atoms with Crippen LogP contribution in [0.3, 0.4) is 0 Å². The second-order valence-electron chi connectivity index (χ2n) is 9.84. The highest BCUT2D eigenvalue weighted by Gasteiger charge is 2.12. The van der Waals surface area contributed by atoms with Crippen LogP contribution in [0.15, 0.2) is 66.7 Å². The van der Waals surface area contributed by atoms with Gasteiger partial charge in [0.05, 0.1) is 30.3 Å². The Morgan fingerprint density at radius 2 is 1.34 bits per heavy atom. The minimum atomic E-state index is -0.159. The van der Waals surface area contributed by atoms with Gasteiger partial charge in [-0.15, -0.1) is 0 Å². The number of aromatic nitrogens is 9. The van der Waals surface area contributed by atoms with Crippen molar-refractivity contribution < 1.29 is 9.59 Å². The Bertz CT molecular complexity index is 2000. The molecule has 6 rings (SSSR count). The van der Waals surface area contributed by atoms with Gasteiger partial charge in [-0.3, -0.25) is 14.6 Å². The summed E-state index contributed by atoms with van der Waals surface area (Å²) in [5, 5.41) is 5.80. The Morgan fingerprint density at radius 1 is 0.773 bits per heavy atom. The van der Waals surface area contributed by atoms with Crippen LogP contribution in [0.2, 0.25) is 0 Å². The first-order valence-electron chi connectivity index (χ1n) is 13.6. The van der Waals surface area contributed by atoms with Crippen LogP contribution < -0.4 is 22.1 Å². The van der Waals surface area contributed by atoms with Crippen LogP contribution in [0.25, 0.3) is 22.3 Å². The summed E-state index contributed by atoms with van der Waals surface area (Å²) in [6, 6.07) is 10.9. The van der Waals surface area contributed by atoms with Crippen LogP contribution in [0, 0.1) is 0 Å². The molecular weight excluding hydrogens is 564 g/mol. The topological polar surface area (TPSA) is 215 Å². The van der Waals surface area contributed by atoms with E-state index in [-0.39, 0.29) is 24.7 Å². The van der Waals surface area contributed by atoms with E-state index in [0.29, 0.717) is 64.2 Å². The van der Waals surface area contributed by atoms with Crippen molar-refractivity contribution in [3.05, 3.63) is 67.4 Å². The third-order valence-electron chi connectivity index (χ3n) is 6.94. The van der Waals surface area contributed by atoms with Gasteiger partial charge < -0.3 is 35.8 Å². The van der Waals surface area contributed by atoms with Gasteiger partial charge in [-0.1, -0.05) is 0 Å². The summed E-state index contributed by atoms with van der Waals surface area (Å²) < 4.78 is 5.37. The fourth-order valence-corrected chi connectivity index (χ4v) is 4.55. The fourth-order valence-electron chi connectivity index (χ4n) is 4.55. The molecule has 44 heavy (non-hydrogen) atoms. The lowest BCUT2D eigenvalue weighted by molar-refractivity contribution is -0.117. The number of aryl methyl sites for hydroxylation is 2. The van der Waals surface area contributed by atoms with E-state index >= 15 is 0 Å². The Morgan fingerprint density at radius 3 is 1.93 bits per heavy atom. The number of rotatable bonds is 10. The minimum Gasteiger partial charge on any atom is -0.382 e. The number of aliphatic imine (C=N–C) groups is 1. The van der Waals surface area contributed by atoms with E-state index in [1.54, 1.807) is 52.3 Å². The zero-order valence-electron chi connectivity index (χ0n) is 23.6. The summed E-state index contributed by atoms with van der Waals surface area (Å²) in [7, 11) is 1.84. The van der Waals surface area contributed by atoms with Crippen LogP contribution in [0.5, 0.6) is 0 Å². The molecule has 0 unspecified atom stereocenters.